The molecule has 2 rings (SSSR count). The molecule has 0 saturated carbocycles. The lowest BCUT2D eigenvalue weighted by atomic mass is 9.94. The number of halogens is 2. The molecule has 1 N–H and O–H groups in total. The van der Waals surface area contributed by atoms with E-state index in [0.717, 1.165) is 14.9 Å². The molecular weight excluding hydrogens is 308 g/mol. The zero-order valence-corrected chi connectivity index (χ0v) is 11.7. The fourth-order valence-electron chi connectivity index (χ4n) is 1.57. The minimum atomic E-state index is -1.04. The second-order valence-electron chi connectivity index (χ2n) is 3.67. The Bertz CT molecular complexity index is 494. The third kappa shape index (κ3) is 2.18. The summed E-state index contributed by atoms with van der Waals surface area (Å²) in [6.07, 6.45) is 0. The molecule has 0 radical (unpaired) electrons. The van der Waals surface area contributed by atoms with Crippen molar-refractivity contribution in [1.82, 2.24) is 0 Å². The fraction of sp³-hybridized carbons (Fsp3) is 0.167. The Morgan fingerprint density at radius 3 is 2.69 bits per heavy atom. The third-order valence-electron chi connectivity index (χ3n) is 2.46. The minimum Gasteiger partial charge on any atom is -0.380 e. The molecule has 0 amide bonds. The summed E-state index contributed by atoms with van der Waals surface area (Å²) in [5.41, 5.74) is -0.314. The summed E-state index contributed by atoms with van der Waals surface area (Å²) >= 11 is 11.0. The van der Waals surface area contributed by atoms with E-state index >= 15 is 0 Å². The molecule has 1 aromatic carbocycles. The van der Waals surface area contributed by atoms with Gasteiger partial charge < -0.3 is 5.11 Å². The summed E-state index contributed by atoms with van der Waals surface area (Å²) in [6.45, 7) is 1.76. The molecule has 1 atom stereocenters. The van der Waals surface area contributed by atoms with Gasteiger partial charge in [0.15, 0.2) is 0 Å². The van der Waals surface area contributed by atoms with Crippen LogP contribution in [0.4, 0.5) is 0 Å². The van der Waals surface area contributed by atoms with Gasteiger partial charge in [-0.25, -0.2) is 0 Å². The summed E-state index contributed by atoms with van der Waals surface area (Å²) in [6, 6.07) is 9.33. The summed E-state index contributed by atoms with van der Waals surface area (Å²) < 4.78 is 0.906. The zero-order chi connectivity index (χ0) is 11.8. The molecule has 1 aromatic heterocycles. The molecule has 0 bridgehead atoms. The number of hydrogen-bond acceptors (Lipinski definition) is 2. The molecule has 0 aliphatic heterocycles. The molecule has 0 fully saturated rings. The first-order valence-electron chi connectivity index (χ1n) is 4.73. The molecule has 16 heavy (non-hydrogen) atoms. The topological polar surface area (TPSA) is 20.2 Å². The maximum atomic E-state index is 10.5. The van der Waals surface area contributed by atoms with Gasteiger partial charge in [-0.1, -0.05) is 39.7 Å². The van der Waals surface area contributed by atoms with Gasteiger partial charge in [0.1, 0.15) is 5.60 Å². The minimum absolute atomic E-state index is 0.563. The third-order valence-corrected chi connectivity index (χ3v) is 4.34. The van der Waals surface area contributed by atoms with E-state index in [1.165, 1.54) is 11.3 Å². The van der Waals surface area contributed by atoms with E-state index in [1.807, 2.05) is 29.6 Å². The van der Waals surface area contributed by atoms with Crippen LogP contribution in [0, 0.1) is 0 Å². The van der Waals surface area contributed by atoms with Gasteiger partial charge in [-0.3, -0.25) is 0 Å². The molecular formula is C12H10BrClOS. The second-order valence-corrected chi connectivity index (χ2v) is 5.94. The molecule has 0 aliphatic rings. The average Bonchev–Trinajstić information content (AvgIpc) is 2.69. The van der Waals surface area contributed by atoms with E-state index < -0.39 is 5.60 Å². The van der Waals surface area contributed by atoms with Crippen molar-refractivity contribution in [1.29, 1.82) is 0 Å². The molecule has 1 nitrogen and oxygen atoms in total. The lowest BCUT2D eigenvalue weighted by Crippen LogP contribution is -2.21. The fourth-order valence-corrected chi connectivity index (χ4v) is 3.23. The number of benzene rings is 1. The van der Waals surface area contributed by atoms with Crippen LogP contribution in [0.3, 0.4) is 0 Å². The highest BCUT2D eigenvalue weighted by Crippen LogP contribution is 2.37. The van der Waals surface area contributed by atoms with Gasteiger partial charge in [0.2, 0.25) is 0 Å². The van der Waals surface area contributed by atoms with Gasteiger partial charge in [-0.05, 0) is 30.5 Å². The zero-order valence-electron chi connectivity index (χ0n) is 8.58. The van der Waals surface area contributed by atoms with Gasteiger partial charge in [-0.2, -0.15) is 0 Å². The number of hydrogen-bond donors (Lipinski definition) is 1. The summed E-state index contributed by atoms with van der Waals surface area (Å²) in [7, 11) is 0. The van der Waals surface area contributed by atoms with Crippen LogP contribution in [0.15, 0.2) is 40.2 Å². The van der Waals surface area contributed by atoms with Crippen LogP contribution in [-0.4, -0.2) is 5.11 Å². The van der Waals surface area contributed by atoms with Crippen LogP contribution in [0.25, 0.3) is 0 Å². The Hall–Kier alpha value is -0.350. The van der Waals surface area contributed by atoms with Crippen molar-refractivity contribution in [3.05, 3.63) is 55.6 Å². The number of rotatable bonds is 2. The van der Waals surface area contributed by atoms with Crippen molar-refractivity contribution in [2.24, 2.45) is 0 Å². The van der Waals surface area contributed by atoms with Gasteiger partial charge in [0, 0.05) is 19.9 Å². The maximum absolute atomic E-state index is 10.5. The van der Waals surface area contributed by atoms with Crippen LogP contribution in [-0.2, 0) is 5.60 Å². The lowest BCUT2D eigenvalue weighted by molar-refractivity contribution is 0.106. The Labute approximate surface area is 112 Å². The van der Waals surface area contributed by atoms with Crippen LogP contribution in [0.1, 0.15) is 17.4 Å². The first kappa shape index (κ1) is 12.1. The molecule has 2 aromatic rings. The number of thiophene rings is 1. The van der Waals surface area contributed by atoms with Gasteiger partial charge in [0.05, 0.1) is 0 Å². The predicted molar refractivity (Wildman–Crippen MR) is 72.1 cm³/mol. The lowest BCUT2D eigenvalue weighted by Gasteiger charge is -2.23. The smallest absolute Gasteiger partial charge is 0.122 e. The Morgan fingerprint density at radius 1 is 1.38 bits per heavy atom. The first-order valence-corrected chi connectivity index (χ1v) is 6.79. The van der Waals surface area contributed by atoms with Crippen molar-refractivity contribution in [3.63, 3.8) is 0 Å². The van der Waals surface area contributed by atoms with Gasteiger partial charge in [0.25, 0.3) is 0 Å². The van der Waals surface area contributed by atoms with E-state index in [0.29, 0.717) is 5.02 Å². The standard InChI is InChI=1S/C12H10BrClOS/c1-12(15,11-3-2-6-16-11)9-5-4-8(13)7-10(9)14/h2-7,15H,1H3. The Balaban J connectivity index is 2.51. The normalized spacial score (nSPS) is 14.8. The molecule has 1 unspecified atom stereocenters. The molecule has 4 heteroatoms. The summed E-state index contributed by atoms with van der Waals surface area (Å²) in [4.78, 5) is 0.886. The Kier molecular flexibility index (Phi) is 3.40. The van der Waals surface area contributed by atoms with Crippen LogP contribution >= 0.6 is 38.9 Å². The molecule has 0 spiro atoms. The highest BCUT2D eigenvalue weighted by Gasteiger charge is 2.28. The van der Waals surface area contributed by atoms with Crippen LogP contribution in [0.2, 0.25) is 5.02 Å². The van der Waals surface area contributed by atoms with Crippen molar-refractivity contribution < 1.29 is 5.11 Å². The maximum Gasteiger partial charge on any atom is 0.122 e. The molecule has 0 aliphatic carbocycles. The highest BCUT2D eigenvalue weighted by molar-refractivity contribution is 9.10. The van der Waals surface area contributed by atoms with Crippen molar-refractivity contribution in [3.8, 4) is 0 Å². The van der Waals surface area contributed by atoms with Crippen molar-refractivity contribution in [2.45, 2.75) is 12.5 Å². The first-order chi connectivity index (χ1) is 7.51. The van der Waals surface area contributed by atoms with E-state index in [4.69, 9.17) is 11.6 Å². The summed E-state index contributed by atoms with van der Waals surface area (Å²) in [5.74, 6) is 0. The molecule has 1 heterocycles. The van der Waals surface area contributed by atoms with Crippen molar-refractivity contribution >= 4 is 38.9 Å². The molecule has 0 saturated heterocycles. The summed E-state index contributed by atoms with van der Waals surface area (Å²) in [5, 5.41) is 13.0. The average molecular weight is 318 g/mol. The second kappa shape index (κ2) is 4.49. The number of aliphatic hydroxyl groups is 1. The predicted octanol–water partition coefficient (Wildman–Crippen LogP) is 4.42. The molecule has 84 valence electrons. The Morgan fingerprint density at radius 2 is 2.12 bits per heavy atom. The largest absolute Gasteiger partial charge is 0.380 e. The van der Waals surface area contributed by atoms with Gasteiger partial charge in [-0.15, -0.1) is 11.3 Å². The van der Waals surface area contributed by atoms with E-state index in [1.54, 1.807) is 13.0 Å². The SMILES string of the molecule is CC(O)(c1cccs1)c1ccc(Br)cc1Cl. The van der Waals surface area contributed by atoms with Crippen molar-refractivity contribution in [2.75, 3.05) is 0 Å². The van der Waals surface area contributed by atoms with E-state index in [9.17, 15) is 5.11 Å². The van der Waals surface area contributed by atoms with Crippen LogP contribution < -0.4 is 0 Å². The highest BCUT2D eigenvalue weighted by atomic mass is 79.9. The van der Waals surface area contributed by atoms with Crippen LogP contribution in [0.5, 0.6) is 0 Å². The van der Waals surface area contributed by atoms with E-state index in [-0.39, 0.29) is 0 Å². The quantitative estimate of drug-likeness (QED) is 0.869. The monoisotopic (exact) mass is 316 g/mol. The van der Waals surface area contributed by atoms with Gasteiger partial charge >= 0.3 is 0 Å². The van der Waals surface area contributed by atoms with E-state index in [2.05, 4.69) is 15.9 Å².